The summed E-state index contributed by atoms with van der Waals surface area (Å²) in [5, 5.41) is 3.98. The molecule has 0 radical (unpaired) electrons. The molecule has 60 valence electrons. The maximum Gasteiger partial charge on any atom is 0.138 e. The van der Waals surface area contributed by atoms with Crippen LogP contribution in [0.4, 0.5) is 0 Å². The lowest BCUT2D eigenvalue weighted by Crippen LogP contribution is -1.95. The van der Waals surface area contributed by atoms with E-state index in [2.05, 4.69) is 31.0 Å². The standard InChI is InChI=1S/C7H5BrN4/c8-6-1-2-9-3-7(6)12-5-10-4-11-12/h1-5H. The van der Waals surface area contributed by atoms with Gasteiger partial charge in [-0.3, -0.25) is 4.98 Å². The summed E-state index contributed by atoms with van der Waals surface area (Å²) in [4.78, 5) is 7.83. The summed E-state index contributed by atoms with van der Waals surface area (Å²) in [6.45, 7) is 0. The van der Waals surface area contributed by atoms with Gasteiger partial charge in [0.15, 0.2) is 0 Å². The minimum Gasteiger partial charge on any atom is -0.262 e. The summed E-state index contributed by atoms with van der Waals surface area (Å²) < 4.78 is 2.60. The van der Waals surface area contributed by atoms with Crippen LogP contribution in [0.1, 0.15) is 0 Å². The average Bonchev–Trinajstić information content (AvgIpc) is 2.57. The first-order valence-corrected chi connectivity index (χ1v) is 4.12. The number of aromatic nitrogens is 4. The van der Waals surface area contributed by atoms with E-state index >= 15 is 0 Å². The van der Waals surface area contributed by atoms with Crippen molar-refractivity contribution in [3.8, 4) is 5.69 Å². The van der Waals surface area contributed by atoms with Gasteiger partial charge in [0.2, 0.25) is 0 Å². The van der Waals surface area contributed by atoms with E-state index in [0.717, 1.165) is 10.2 Å². The lowest BCUT2D eigenvalue weighted by atomic mass is 10.4. The largest absolute Gasteiger partial charge is 0.262 e. The molecule has 0 saturated carbocycles. The van der Waals surface area contributed by atoms with E-state index in [1.165, 1.54) is 6.33 Å². The molecule has 0 saturated heterocycles. The van der Waals surface area contributed by atoms with E-state index in [-0.39, 0.29) is 0 Å². The molecule has 12 heavy (non-hydrogen) atoms. The van der Waals surface area contributed by atoms with E-state index in [1.54, 1.807) is 23.4 Å². The Morgan fingerprint density at radius 3 is 2.92 bits per heavy atom. The van der Waals surface area contributed by atoms with E-state index in [1.807, 2.05) is 6.07 Å². The molecule has 0 bridgehead atoms. The van der Waals surface area contributed by atoms with Crippen LogP contribution < -0.4 is 0 Å². The van der Waals surface area contributed by atoms with Crippen LogP contribution in [0.3, 0.4) is 0 Å². The van der Waals surface area contributed by atoms with Gasteiger partial charge < -0.3 is 0 Å². The Hall–Kier alpha value is -1.23. The third-order valence-electron chi connectivity index (χ3n) is 1.41. The van der Waals surface area contributed by atoms with Crippen LogP contribution in [0, 0.1) is 0 Å². The van der Waals surface area contributed by atoms with Gasteiger partial charge in [-0.25, -0.2) is 9.67 Å². The first-order valence-electron chi connectivity index (χ1n) is 3.32. The SMILES string of the molecule is Brc1ccncc1-n1cncn1. The molecule has 2 heterocycles. The molecular weight excluding hydrogens is 220 g/mol. The molecular formula is C7H5BrN4. The Balaban J connectivity index is 2.55. The van der Waals surface area contributed by atoms with E-state index in [4.69, 9.17) is 0 Å². The Kier molecular flexibility index (Phi) is 1.87. The third-order valence-corrected chi connectivity index (χ3v) is 2.08. The van der Waals surface area contributed by atoms with Crippen molar-refractivity contribution in [2.75, 3.05) is 0 Å². The topological polar surface area (TPSA) is 43.6 Å². The molecule has 0 aliphatic rings. The summed E-state index contributed by atoms with van der Waals surface area (Å²) in [5.74, 6) is 0. The minimum absolute atomic E-state index is 0.884. The van der Waals surface area contributed by atoms with Crippen LogP contribution >= 0.6 is 15.9 Å². The molecule has 0 aliphatic heterocycles. The number of hydrogen-bond acceptors (Lipinski definition) is 3. The molecule has 0 aliphatic carbocycles. The summed E-state index contributed by atoms with van der Waals surface area (Å²) in [6, 6.07) is 1.86. The molecule has 0 N–H and O–H groups in total. The smallest absolute Gasteiger partial charge is 0.138 e. The van der Waals surface area contributed by atoms with Crippen molar-refractivity contribution in [2.45, 2.75) is 0 Å². The van der Waals surface area contributed by atoms with Crippen LogP contribution in [0.25, 0.3) is 5.69 Å². The maximum absolute atomic E-state index is 3.98. The van der Waals surface area contributed by atoms with Gasteiger partial charge >= 0.3 is 0 Å². The van der Waals surface area contributed by atoms with Crippen molar-refractivity contribution >= 4 is 15.9 Å². The van der Waals surface area contributed by atoms with E-state index < -0.39 is 0 Å². The Morgan fingerprint density at radius 2 is 2.25 bits per heavy atom. The second-order valence-electron chi connectivity index (χ2n) is 2.17. The van der Waals surface area contributed by atoms with Crippen molar-refractivity contribution in [1.82, 2.24) is 19.7 Å². The number of rotatable bonds is 1. The fourth-order valence-corrected chi connectivity index (χ4v) is 1.27. The van der Waals surface area contributed by atoms with Gasteiger partial charge in [-0.2, -0.15) is 5.10 Å². The van der Waals surface area contributed by atoms with Gasteiger partial charge in [0.1, 0.15) is 12.7 Å². The predicted octanol–water partition coefficient (Wildman–Crippen LogP) is 1.42. The Labute approximate surface area is 77.4 Å². The molecule has 0 amide bonds. The number of hydrogen-bond donors (Lipinski definition) is 0. The van der Waals surface area contributed by atoms with Gasteiger partial charge in [-0.05, 0) is 22.0 Å². The van der Waals surface area contributed by atoms with Crippen molar-refractivity contribution in [3.05, 3.63) is 35.6 Å². The van der Waals surface area contributed by atoms with Gasteiger partial charge in [-0.1, -0.05) is 0 Å². The zero-order valence-corrected chi connectivity index (χ0v) is 7.64. The first kappa shape index (κ1) is 7.42. The minimum atomic E-state index is 0.884. The molecule has 5 heteroatoms. The lowest BCUT2D eigenvalue weighted by molar-refractivity contribution is 0.867. The molecule has 0 atom stereocenters. The molecule has 0 spiro atoms. The van der Waals surface area contributed by atoms with E-state index in [0.29, 0.717) is 0 Å². The molecule has 2 aromatic rings. The predicted molar refractivity (Wildman–Crippen MR) is 46.9 cm³/mol. The quantitative estimate of drug-likeness (QED) is 0.737. The highest BCUT2D eigenvalue weighted by Crippen LogP contribution is 2.17. The summed E-state index contributed by atoms with van der Waals surface area (Å²) in [5.41, 5.74) is 0.884. The fraction of sp³-hybridized carbons (Fsp3) is 0. The normalized spacial score (nSPS) is 10.1. The van der Waals surface area contributed by atoms with Crippen LogP contribution in [0.5, 0.6) is 0 Å². The number of pyridine rings is 1. The molecule has 0 unspecified atom stereocenters. The second-order valence-corrected chi connectivity index (χ2v) is 3.02. The van der Waals surface area contributed by atoms with Gasteiger partial charge in [0.05, 0.1) is 11.9 Å². The summed E-state index contributed by atoms with van der Waals surface area (Å²) >= 11 is 3.39. The van der Waals surface area contributed by atoms with Crippen LogP contribution in [-0.2, 0) is 0 Å². The fourth-order valence-electron chi connectivity index (χ4n) is 0.870. The van der Waals surface area contributed by atoms with Crippen LogP contribution in [0.15, 0.2) is 35.6 Å². The van der Waals surface area contributed by atoms with Gasteiger partial charge in [0.25, 0.3) is 0 Å². The maximum atomic E-state index is 3.98. The number of halogens is 1. The highest BCUT2D eigenvalue weighted by atomic mass is 79.9. The van der Waals surface area contributed by atoms with Crippen molar-refractivity contribution in [3.63, 3.8) is 0 Å². The van der Waals surface area contributed by atoms with E-state index in [9.17, 15) is 0 Å². The molecule has 0 fully saturated rings. The lowest BCUT2D eigenvalue weighted by Gasteiger charge is -2.00. The van der Waals surface area contributed by atoms with Crippen molar-refractivity contribution in [2.24, 2.45) is 0 Å². The zero-order valence-electron chi connectivity index (χ0n) is 6.05. The summed E-state index contributed by atoms with van der Waals surface area (Å²) in [6.07, 6.45) is 6.55. The molecule has 4 nitrogen and oxygen atoms in total. The highest BCUT2D eigenvalue weighted by Gasteiger charge is 2.00. The Bertz CT molecular complexity index is 371. The first-order chi connectivity index (χ1) is 5.88. The summed E-state index contributed by atoms with van der Waals surface area (Å²) in [7, 11) is 0. The average molecular weight is 225 g/mol. The van der Waals surface area contributed by atoms with Crippen molar-refractivity contribution < 1.29 is 0 Å². The van der Waals surface area contributed by atoms with Crippen LogP contribution in [-0.4, -0.2) is 19.7 Å². The molecule has 2 rings (SSSR count). The number of nitrogens with zero attached hydrogens (tertiary/aromatic N) is 4. The van der Waals surface area contributed by atoms with Crippen LogP contribution in [0.2, 0.25) is 0 Å². The zero-order chi connectivity index (χ0) is 8.39. The molecule has 0 aromatic carbocycles. The highest BCUT2D eigenvalue weighted by molar-refractivity contribution is 9.10. The monoisotopic (exact) mass is 224 g/mol. The second kappa shape index (κ2) is 3.02. The third kappa shape index (κ3) is 1.23. The van der Waals surface area contributed by atoms with Gasteiger partial charge in [0, 0.05) is 10.7 Å². The Morgan fingerprint density at radius 1 is 1.33 bits per heavy atom. The van der Waals surface area contributed by atoms with Gasteiger partial charge in [-0.15, -0.1) is 0 Å². The molecule has 2 aromatic heterocycles. The van der Waals surface area contributed by atoms with Crippen molar-refractivity contribution in [1.29, 1.82) is 0 Å².